The summed E-state index contributed by atoms with van der Waals surface area (Å²) in [6.45, 7) is 5.49. The van der Waals surface area contributed by atoms with Crippen molar-refractivity contribution in [3.8, 4) is 0 Å². The van der Waals surface area contributed by atoms with Crippen molar-refractivity contribution in [2.45, 2.75) is 26.4 Å². The van der Waals surface area contributed by atoms with Gasteiger partial charge in [-0.15, -0.1) is 0 Å². The monoisotopic (exact) mass is 375 g/mol. The number of rotatable bonds is 4. The molecule has 27 heavy (non-hydrogen) atoms. The fraction of sp³-hybridized carbons (Fsp3) is 0.211. The Kier molecular flexibility index (Phi) is 6.23. The van der Waals surface area contributed by atoms with Crippen LogP contribution in [0, 0.1) is 11.6 Å². The Morgan fingerprint density at radius 2 is 1.67 bits per heavy atom. The normalized spacial score (nSPS) is 11.3. The van der Waals surface area contributed by atoms with E-state index in [-0.39, 0.29) is 0 Å². The van der Waals surface area contributed by atoms with Crippen LogP contribution in [-0.4, -0.2) is 23.8 Å². The number of imide groups is 1. The molecule has 2 aromatic rings. The van der Waals surface area contributed by atoms with Crippen molar-refractivity contribution >= 4 is 23.8 Å². The molecular weight excluding hydrogens is 356 g/mol. The number of anilines is 1. The Morgan fingerprint density at radius 3 is 2.30 bits per heavy atom. The molecule has 0 spiro atoms. The molecule has 0 aliphatic carbocycles. The molecule has 0 saturated heterocycles. The van der Waals surface area contributed by atoms with Crippen LogP contribution in [0.4, 0.5) is 19.3 Å². The van der Waals surface area contributed by atoms with Gasteiger partial charge >= 0.3 is 6.03 Å². The zero-order valence-corrected chi connectivity index (χ0v) is 15.0. The van der Waals surface area contributed by atoms with E-state index in [0.717, 1.165) is 18.2 Å². The number of halogens is 2. The van der Waals surface area contributed by atoms with E-state index in [1.54, 1.807) is 24.3 Å². The van der Waals surface area contributed by atoms with Crippen LogP contribution in [0.25, 0.3) is 0 Å². The van der Waals surface area contributed by atoms with Crippen LogP contribution in [-0.2, 0) is 4.84 Å². The highest BCUT2D eigenvalue weighted by molar-refractivity contribution is 6.09. The predicted octanol–water partition coefficient (Wildman–Crippen LogP) is 4.08. The van der Waals surface area contributed by atoms with E-state index in [1.165, 1.54) is 6.21 Å². The van der Waals surface area contributed by atoms with Gasteiger partial charge in [-0.05, 0) is 39.0 Å². The van der Waals surface area contributed by atoms with Crippen molar-refractivity contribution < 1.29 is 23.2 Å². The van der Waals surface area contributed by atoms with Crippen LogP contribution in [0.1, 0.15) is 36.7 Å². The molecule has 0 aliphatic rings. The second-order valence-corrected chi connectivity index (χ2v) is 6.53. The number of para-hydroxylation sites is 1. The summed E-state index contributed by atoms with van der Waals surface area (Å²) < 4.78 is 27.2. The van der Waals surface area contributed by atoms with Gasteiger partial charge in [-0.25, -0.2) is 13.6 Å². The molecule has 2 rings (SSSR count). The van der Waals surface area contributed by atoms with E-state index in [4.69, 9.17) is 4.84 Å². The van der Waals surface area contributed by atoms with Crippen LogP contribution >= 0.6 is 0 Å². The molecule has 6 nitrogen and oxygen atoms in total. The van der Waals surface area contributed by atoms with E-state index < -0.39 is 34.7 Å². The molecule has 0 unspecified atom stereocenters. The minimum Gasteiger partial charge on any atom is -0.390 e. The van der Waals surface area contributed by atoms with Gasteiger partial charge in [0.2, 0.25) is 0 Å². The molecule has 0 aliphatic heterocycles. The van der Waals surface area contributed by atoms with Crippen molar-refractivity contribution in [2.24, 2.45) is 5.16 Å². The second-order valence-electron chi connectivity index (χ2n) is 6.53. The number of carbonyl (C=O) groups excluding carboxylic acids is 2. The minimum absolute atomic E-state index is 0.332. The lowest BCUT2D eigenvalue weighted by Crippen LogP contribution is -2.35. The van der Waals surface area contributed by atoms with Crippen molar-refractivity contribution in [1.82, 2.24) is 5.32 Å². The topological polar surface area (TPSA) is 79.8 Å². The van der Waals surface area contributed by atoms with Gasteiger partial charge in [0.25, 0.3) is 5.91 Å². The van der Waals surface area contributed by atoms with E-state index in [1.807, 2.05) is 26.1 Å². The zero-order chi connectivity index (χ0) is 20.0. The van der Waals surface area contributed by atoms with Crippen molar-refractivity contribution in [3.05, 3.63) is 65.2 Å². The van der Waals surface area contributed by atoms with Gasteiger partial charge in [-0.1, -0.05) is 29.4 Å². The third-order valence-electron chi connectivity index (χ3n) is 3.14. The summed E-state index contributed by atoms with van der Waals surface area (Å²) in [6, 6.07) is 8.66. The Bertz CT molecular complexity index is 856. The number of hydrogen-bond donors (Lipinski definition) is 2. The summed E-state index contributed by atoms with van der Waals surface area (Å²) in [5, 5.41) is 8.17. The molecule has 0 heterocycles. The summed E-state index contributed by atoms with van der Waals surface area (Å²) in [7, 11) is 0. The number of nitrogens with one attached hydrogen (secondary N) is 2. The summed E-state index contributed by atoms with van der Waals surface area (Å²) in [6.07, 6.45) is 1.40. The van der Waals surface area contributed by atoms with Crippen LogP contribution in [0.15, 0.2) is 47.6 Å². The Labute approximate surface area is 155 Å². The molecule has 0 aromatic heterocycles. The van der Waals surface area contributed by atoms with E-state index in [0.29, 0.717) is 11.3 Å². The van der Waals surface area contributed by atoms with E-state index in [2.05, 4.69) is 10.5 Å². The first-order valence-electron chi connectivity index (χ1n) is 8.04. The number of nitrogens with zero attached hydrogens (tertiary/aromatic N) is 1. The number of oxime groups is 1. The summed E-state index contributed by atoms with van der Waals surface area (Å²) in [5.74, 6) is -3.32. The first-order valence-corrected chi connectivity index (χ1v) is 8.04. The van der Waals surface area contributed by atoms with E-state index >= 15 is 0 Å². The quantitative estimate of drug-likeness (QED) is 0.624. The van der Waals surface area contributed by atoms with Crippen LogP contribution < -0.4 is 10.6 Å². The molecule has 3 amide bonds. The van der Waals surface area contributed by atoms with Crippen molar-refractivity contribution in [3.63, 3.8) is 0 Å². The minimum atomic E-state index is -1.19. The van der Waals surface area contributed by atoms with Gasteiger partial charge in [0.05, 0.1) is 11.9 Å². The molecule has 8 heteroatoms. The summed E-state index contributed by atoms with van der Waals surface area (Å²) in [5.41, 5.74) is -0.465. The number of amides is 3. The Morgan fingerprint density at radius 1 is 1.04 bits per heavy atom. The fourth-order valence-electron chi connectivity index (χ4n) is 2.00. The molecule has 142 valence electrons. The molecule has 0 bridgehead atoms. The maximum atomic E-state index is 13.6. The number of benzene rings is 2. The predicted molar refractivity (Wildman–Crippen MR) is 97.7 cm³/mol. The average Bonchev–Trinajstić information content (AvgIpc) is 2.55. The van der Waals surface area contributed by atoms with Crippen LogP contribution in [0.2, 0.25) is 0 Å². The largest absolute Gasteiger partial charge is 0.390 e. The fourth-order valence-corrected chi connectivity index (χ4v) is 2.00. The third-order valence-corrected chi connectivity index (χ3v) is 3.14. The van der Waals surface area contributed by atoms with Gasteiger partial charge in [0.1, 0.15) is 22.8 Å². The Hall–Kier alpha value is -3.29. The van der Waals surface area contributed by atoms with Gasteiger partial charge < -0.3 is 10.2 Å². The highest BCUT2D eigenvalue weighted by Crippen LogP contribution is 2.15. The number of urea groups is 1. The summed E-state index contributed by atoms with van der Waals surface area (Å²) >= 11 is 0. The molecule has 2 N–H and O–H groups in total. The van der Waals surface area contributed by atoms with Crippen LogP contribution in [0.5, 0.6) is 0 Å². The first kappa shape index (κ1) is 20.0. The van der Waals surface area contributed by atoms with E-state index in [9.17, 15) is 18.4 Å². The standard InChI is InChI=1S/C19H19F2N3O3/c1-19(2,3)27-22-11-12-7-4-5-10-15(12)23-18(26)24-17(25)16-13(20)8-6-9-14(16)21/h4-11H,1-3H3,(H2,23,24,25,26)/b22-11+. The molecule has 2 aromatic carbocycles. The SMILES string of the molecule is CC(C)(C)O/N=C/c1ccccc1NC(=O)NC(=O)c1c(F)cccc1F. The Balaban J connectivity index is 2.09. The molecule has 0 atom stereocenters. The highest BCUT2D eigenvalue weighted by atomic mass is 19.1. The smallest absolute Gasteiger partial charge is 0.326 e. The zero-order valence-electron chi connectivity index (χ0n) is 15.0. The maximum absolute atomic E-state index is 13.6. The van der Waals surface area contributed by atoms with Crippen molar-refractivity contribution in [1.29, 1.82) is 0 Å². The summed E-state index contributed by atoms with van der Waals surface area (Å²) in [4.78, 5) is 29.2. The maximum Gasteiger partial charge on any atom is 0.326 e. The lowest BCUT2D eigenvalue weighted by Gasteiger charge is -2.15. The number of carbonyl (C=O) groups is 2. The van der Waals surface area contributed by atoms with Gasteiger partial charge in [-0.3, -0.25) is 10.1 Å². The lowest BCUT2D eigenvalue weighted by molar-refractivity contribution is 0.00199. The average molecular weight is 375 g/mol. The van der Waals surface area contributed by atoms with Gasteiger partial charge in [-0.2, -0.15) is 0 Å². The lowest BCUT2D eigenvalue weighted by atomic mass is 10.2. The second kappa shape index (κ2) is 8.39. The molecule has 0 saturated carbocycles. The van der Waals surface area contributed by atoms with Gasteiger partial charge in [0.15, 0.2) is 0 Å². The van der Waals surface area contributed by atoms with Crippen LogP contribution in [0.3, 0.4) is 0 Å². The van der Waals surface area contributed by atoms with Crippen molar-refractivity contribution in [2.75, 3.05) is 5.32 Å². The first-order chi connectivity index (χ1) is 12.7. The molecular formula is C19H19F2N3O3. The van der Waals surface area contributed by atoms with Gasteiger partial charge in [0, 0.05) is 5.56 Å². The molecule has 0 radical (unpaired) electrons. The molecule has 0 fully saturated rings. The number of hydrogen-bond acceptors (Lipinski definition) is 4. The highest BCUT2D eigenvalue weighted by Gasteiger charge is 2.19. The third kappa shape index (κ3) is 5.88.